The lowest BCUT2D eigenvalue weighted by molar-refractivity contribution is 0.700. The van der Waals surface area contributed by atoms with Crippen LogP contribution in [0.3, 0.4) is 0 Å². The molecule has 82 valence electrons. The van der Waals surface area contributed by atoms with Gasteiger partial charge in [-0.05, 0) is 28.3 Å². The van der Waals surface area contributed by atoms with E-state index in [1.165, 1.54) is 23.9 Å². The molecule has 1 aromatic heterocycles. The topological polar surface area (TPSA) is 46.9 Å². The molecule has 1 aromatic rings. The smallest absolute Gasteiger partial charge is 0.282 e. The Hall–Kier alpha value is -0.840. The van der Waals surface area contributed by atoms with Crippen molar-refractivity contribution in [1.82, 2.24) is 9.78 Å². The molecule has 1 saturated carbocycles. The third-order valence-corrected chi connectivity index (χ3v) is 3.41. The molecule has 0 saturated heterocycles. The van der Waals surface area contributed by atoms with Crippen molar-refractivity contribution in [2.24, 2.45) is 13.0 Å². The van der Waals surface area contributed by atoms with Gasteiger partial charge in [-0.2, -0.15) is 5.10 Å². The maximum atomic E-state index is 11.5. The van der Waals surface area contributed by atoms with Gasteiger partial charge in [0.15, 0.2) is 0 Å². The van der Waals surface area contributed by atoms with Gasteiger partial charge in [0.25, 0.3) is 5.56 Å². The number of rotatable bonds is 4. The van der Waals surface area contributed by atoms with E-state index in [1.807, 2.05) is 0 Å². The third-order valence-electron chi connectivity index (χ3n) is 2.64. The second-order valence-electron chi connectivity index (χ2n) is 3.96. The van der Waals surface area contributed by atoms with Crippen LogP contribution < -0.4 is 10.9 Å². The van der Waals surface area contributed by atoms with Gasteiger partial charge in [-0.25, -0.2) is 4.68 Å². The quantitative estimate of drug-likeness (QED) is 0.908. The highest BCUT2D eigenvalue weighted by Crippen LogP contribution is 2.32. The molecule has 2 rings (SSSR count). The Morgan fingerprint density at radius 2 is 2.40 bits per heavy atom. The van der Waals surface area contributed by atoms with Crippen LogP contribution >= 0.6 is 15.9 Å². The highest BCUT2D eigenvalue weighted by atomic mass is 79.9. The first-order chi connectivity index (χ1) is 7.18. The van der Waals surface area contributed by atoms with Crippen LogP contribution in [0.25, 0.3) is 0 Å². The van der Waals surface area contributed by atoms with Crippen LogP contribution in [0.5, 0.6) is 0 Å². The molecule has 4 nitrogen and oxygen atoms in total. The SMILES string of the molecule is Cn1ncc(NCCC2CC2)c(Br)c1=O. The number of aromatic nitrogens is 2. The van der Waals surface area contributed by atoms with Gasteiger partial charge < -0.3 is 5.32 Å². The van der Waals surface area contributed by atoms with Gasteiger partial charge in [0, 0.05) is 13.6 Å². The number of aryl methyl sites for hydroxylation is 1. The Balaban J connectivity index is 2.00. The molecule has 0 unspecified atom stereocenters. The first kappa shape index (κ1) is 10.7. The first-order valence-electron chi connectivity index (χ1n) is 5.14. The van der Waals surface area contributed by atoms with Crippen LogP contribution in [0, 0.1) is 5.92 Å². The summed E-state index contributed by atoms with van der Waals surface area (Å²) in [4.78, 5) is 11.5. The van der Waals surface area contributed by atoms with Gasteiger partial charge in [0.1, 0.15) is 4.47 Å². The molecule has 0 aliphatic heterocycles. The van der Waals surface area contributed by atoms with Crippen molar-refractivity contribution in [1.29, 1.82) is 0 Å². The molecular weight excluding hydrogens is 258 g/mol. The summed E-state index contributed by atoms with van der Waals surface area (Å²) in [6.07, 6.45) is 5.58. The Bertz CT molecular complexity index is 412. The van der Waals surface area contributed by atoms with E-state index in [2.05, 4.69) is 26.3 Å². The zero-order chi connectivity index (χ0) is 10.8. The molecule has 15 heavy (non-hydrogen) atoms. The highest BCUT2D eigenvalue weighted by molar-refractivity contribution is 9.10. The molecule has 1 N–H and O–H groups in total. The second kappa shape index (κ2) is 4.35. The molecule has 0 aromatic carbocycles. The summed E-state index contributed by atoms with van der Waals surface area (Å²) in [6, 6.07) is 0. The van der Waals surface area contributed by atoms with E-state index in [-0.39, 0.29) is 5.56 Å². The molecule has 0 radical (unpaired) electrons. The molecule has 0 spiro atoms. The average molecular weight is 272 g/mol. The maximum Gasteiger partial charge on any atom is 0.282 e. The zero-order valence-corrected chi connectivity index (χ0v) is 10.2. The Morgan fingerprint density at radius 1 is 1.67 bits per heavy atom. The molecule has 0 bridgehead atoms. The minimum absolute atomic E-state index is 0.105. The van der Waals surface area contributed by atoms with Crippen molar-refractivity contribution in [2.75, 3.05) is 11.9 Å². The van der Waals surface area contributed by atoms with Gasteiger partial charge in [0.2, 0.25) is 0 Å². The maximum absolute atomic E-state index is 11.5. The number of halogens is 1. The van der Waals surface area contributed by atoms with Crippen LogP contribution in [-0.4, -0.2) is 16.3 Å². The molecule has 1 aliphatic carbocycles. The molecular formula is C10H14BrN3O. The molecule has 1 fully saturated rings. The van der Waals surface area contributed by atoms with Gasteiger partial charge in [-0.15, -0.1) is 0 Å². The van der Waals surface area contributed by atoms with Gasteiger partial charge in [-0.3, -0.25) is 4.79 Å². The van der Waals surface area contributed by atoms with E-state index in [0.717, 1.165) is 18.2 Å². The largest absolute Gasteiger partial charge is 0.383 e. The summed E-state index contributed by atoms with van der Waals surface area (Å²) >= 11 is 3.28. The third kappa shape index (κ3) is 2.59. The Kier molecular flexibility index (Phi) is 3.09. The normalized spacial score (nSPS) is 15.3. The van der Waals surface area contributed by atoms with Crippen molar-refractivity contribution in [3.8, 4) is 0 Å². The van der Waals surface area contributed by atoms with E-state index in [4.69, 9.17) is 0 Å². The van der Waals surface area contributed by atoms with Crippen LogP contribution in [0.2, 0.25) is 0 Å². The van der Waals surface area contributed by atoms with Crippen LogP contribution in [-0.2, 0) is 7.05 Å². The summed E-state index contributed by atoms with van der Waals surface area (Å²) in [5, 5.41) is 7.19. The number of nitrogens with zero attached hydrogens (tertiary/aromatic N) is 2. The Morgan fingerprint density at radius 3 is 3.07 bits per heavy atom. The second-order valence-corrected chi connectivity index (χ2v) is 4.75. The first-order valence-corrected chi connectivity index (χ1v) is 5.93. The molecule has 1 aliphatic rings. The fraction of sp³-hybridized carbons (Fsp3) is 0.600. The lowest BCUT2D eigenvalue weighted by Crippen LogP contribution is -2.21. The predicted molar refractivity (Wildman–Crippen MR) is 63.0 cm³/mol. The van der Waals surface area contributed by atoms with Crippen molar-refractivity contribution < 1.29 is 0 Å². The fourth-order valence-corrected chi connectivity index (χ4v) is 1.95. The van der Waals surface area contributed by atoms with Gasteiger partial charge in [-0.1, -0.05) is 12.8 Å². The van der Waals surface area contributed by atoms with Crippen molar-refractivity contribution >= 4 is 21.6 Å². The zero-order valence-electron chi connectivity index (χ0n) is 8.66. The summed E-state index contributed by atoms with van der Waals surface area (Å²) in [5.74, 6) is 0.899. The monoisotopic (exact) mass is 271 g/mol. The lowest BCUT2D eigenvalue weighted by atomic mass is 10.3. The number of nitrogens with one attached hydrogen (secondary N) is 1. The molecule has 0 amide bonds. The summed E-state index contributed by atoms with van der Waals surface area (Å²) < 4.78 is 1.88. The van der Waals surface area contributed by atoms with Crippen LogP contribution in [0.15, 0.2) is 15.5 Å². The minimum atomic E-state index is -0.105. The Labute approximate surface area is 96.8 Å². The molecule has 0 atom stereocenters. The number of hydrogen-bond donors (Lipinski definition) is 1. The van der Waals surface area contributed by atoms with E-state index in [9.17, 15) is 4.79 Å². The van der Waals surface area contributed by atoms with E-state index in [1.54, 1.807) is 13.2 Å². The fourth-order valence-electron chi connectivity index (χ4n) is 1.45. The molecule has 1 heterocycles. The summed E-state index contributed by atoms with van der Waals surface area (Å²) in [6.45, 7) is 0.915. The summed E-state index contributed by atoms with van der Waals surface area (Å²) in [7, 11) is 1.64. The van der Waals surface area contributed by atoms with Crippen molar-refractivity contribution in [3.05, 3.63) is 21.0 Å². The van der Waals surface area contributed by atoms with Crippen LogP contribution in [0.1, 0.15) is 19.3 Å². The summed E-state index contributed by atoms with van der Waals surface area (Å²) in [5.41, 5.74) is 0.685. The van der Waals surface area contributed by atoms with E-state index < -0.39 is 0 Å². The van der Waals surface area contributed by atoms with Gasteiger partial charge >= 0.3 is 0 Å². The van der Waals surface area contributed by atoms with Crippen molar-refractivity contribution in [2.45, 2.75) is 19.3 Å². The lowest BCUT2D eigenvalue weighted by Gasteiger charge is -2.07. The van der Waals surface area contributed by atoms with Gasteiger partial charge in [0.05, 0.1) is 11.9 Å². The van der Waals surface area contributed by atoms with E-state index >= 15 is 0 Å². The minimum Gasteiger partial charge on any atom is -0.383 e. The number of anilines is 1. The predicted octanol–water partition coefficient (Wildman–Crippen LogP) is 1.75. The van der Waals surface area contributed by atoms with Crippen molar-refractivity contribution in [3.63, 3.8) is 0 Å². The van der Waals surface area contributed by atoms with Crippen LogP contribution in [0.4, 0.5) is 5.69 Å². The average Bonchev–Trinajstić information content (AvgIpc) is 3.02. The number of hydrogen-bond acceptors (Lipinski definition) is 3. The standard InChI is InChI=1S/C10H14BrN3O/c1-14-10(15)9(11)8(6-13-14)12-5-4-7-2-3-7/h6-7,12H,2-5H2,1H3. The highest BCUT2D eigenvalue weighted by Gasteiger charge is 2.20. The van der Waals surface area contributed by atoms with E-state index in [0.29, 0.717) is 4.47 Å². The molecule has 5 heteroatoms.